The fourth-order valence-electron chi connectivity index (χ4n) is 3.85. The van der Waals surface area contributed by atoms with Crippen molar-refractivity contribution in [1.29, 1.82) is 0 Å². The minimum Gasteiger partial charge on any atom is -0.496 e. The molecule has 198 valence electrons. The van der Waals surface area contributed by atoms with Crippen LogP contribution in [0, 0.1) is 0 Å². The van der Waals surface area contributed by atoms with E-state index < -0.39 is 27.7 Å². The molecular formula is C26H25ClF3NO5S. The molecule has 3 rings (SSSR count). The third-order valence-corrected chi connectivity index (χ3v) is 7.98. The summed E-state index contributed by atoms with van der Waals surface area (Å²) in [5.41, 5.74) is 0.771. The predicted molar refractivity (Wildman–Crippen MR) is 134 cm³/mol. The van der Waals surface area contributed by atoms with E-state index in [1.54, 1.807) is 19.1 Å². The smallest absolute Gasteiger partial charge is 0.416 e. The number of methoxy groups -OCH3 is 2. The maximum Gasteiger partial charge on any atom is 0.416 e. The SMILES string of the molecule is CCN(Cc1c(CC(=O)OC)ccc(OC)c1-c1ccc(C(F)(F)F)cc1)S(=O)(=O)c1ccc(Cl)cc1. The zero-order valence-electron chi connectivity index (χ0n) is 20.3. The van der Waals surface area contributed by atoms with Crippen molar-refractivity contribution < 1.29 is 35.9 Å². The Morgan fingerprint density at radius 3 is 2.11 bits per heavy atom. The quantitative estimate of drug-likeness (QED) is 0.305. The predicted octanol–water partition coefficient (Wildman–Crippen LogP) is 5.96. The second-order valence-electron chi connectivity index (χ2n) is 7.99. The van der Waals surface area contributed by atoms with Crippen molar-refractivity contribution in [3.8, 4) is 16.9 Å². The lowest BCUT2D eigenvalue weighted by Crippen LogP contribution is -2.31. The van der Waals surface area contributed by atoms with Gasteiger partial charge in [-0.25, -0.2) is 8.42 Å². The average molecular weight is 556 g/mol. The summed E-state index contributed by atoms with van der Waals surface area (Å²) >= 11 is 5.91. The summed E-state index contributed by atoms with van der Waals surface area (Å²) in [6.45, 7) is 1.55. The van der Waals surface area contributed by atoms with E-state index in [1.165, 1.54) is 54.9 Å². The van der Waals surface area contributed by atoms with Crippen LogP contribution in [0.4, 0.5) is 13.2 Å². The number of hydrogen-bond acceptors (Lipinski definition) is 5. The minimum absolute atomic E-state index is 0.0206. The molecule has 0 fully saturated rings. The third kappa shape index (κ3) is 6.44. The molecule has 0 atom stereocenters. The van der Waals surface area contributed by atoms with E-state index in [-0.39, 0.29) is 24.4 Å². The first kappa shape index (κ1) is 28.5. The van der Waals surface area contributed by atoms with E-state index in [0.29, 0.717) is 33.0 Å². The van der Waals surface area contributed by atoms with E-state index in [4.69, 9.17) is 21.1 Å². The normalized spacial score (nSPS) is 12.0. The molecule has 37 heavy (non-hydrogen) atoms. The molecule has 0 N–H and O–H groups in total. The number of esters is 1. The number of carbonyl (C=O) groups is 1. The lowest BCUT2D eigenvalue weighted by molar-refractivity contribution is -0.140. The number of sulfonamides is 1. The molecule has 0 amide bonds. The highest BCUT2D eigenvalue weighted by molar-refractivity contribution is 7.89. The van der Waals surface area contributed by atoms with Gasteiger partial charge in [0.2, 0.25) is 10.0 Å². The van der Waals surface area contributed by atoms with Gasteiger partial charge >= 0.3 is 12.1 Å². The van der Waals surface area contributed by atoms with Crippen LogP contribution in [-0.2, 0) is 38.7 Å². The zero-order chi connectivity index (χ0) is 27.4. The molecule has 0 aliphatic rings. The third-order valence-electron chi connectivity index (χ3n) is 5.79. The standard InChI is InChI=1S/C26H25ClF3NO5S/c1-4-31(37(33,34)21-12-10-20(27)11-13-21)16-22-18(15-24(32)36-3)7-14-23(35-2)25(22)17-5-8-19(9-6-17)26(28,29)30/h5-14H,4,15-16H2,1-3H3. The summed E-state index contributed by atoms with van der Waals surface area (Å²) < 4.78 is 77.9. The molecule has 0 aliphatic heterocycles. The number of rotatable bonds is 9. The second-order valence-corrected chi connectivity index (χ2v) is 10.4. The van der Waals surface area contributed by atoms with Crippen molar-refractivity contribution in [2.45, 2.75) is 31.0 Å². The monoisotopic (exact) mass is 555 g/mol. The Morgan fingerprint density at radius 1 is 0.973 bits per heavy atom. The molecular weight excluding hydrogens is 531 g/mol. The van der Waals surface area contributed by atoms with Crippen molar-refractivity contribution >= 4 is 27.6 Å². The molecule has 0 radical (unpaired) electrons. The van der Waals surface area contributed by atoms with Gasteiger partial charge in [-0.3, -0.25) is 4.79 Å². The largest absolute Gasteiger partial charge is 0.496 e. The summed E-state index contributed by atoms with van der Waals surface area (Å²) in [5.74, 6) is -0.253. The average Bonchev–Trinajstić information content (AvgIpc) is 2.87. The molecule has 0 saturated carbocycles. The number of nitrogens with zero attached hydrogens (tertiary/aromatic N) is 1. The molecule has 0 aromatic heterocycles. The van der Waals surface area contributed by atoms with Gasteiger partial charge in [-0.1, -0.05) is 36.7 Å². The van der Waals surface area contributed by atoms with E-state index in [9.17, 15) is 26.4 Å². The molecule has 11 heteroatoms. The van der Waals surface area contributed by atoms with E-state index in [0.717, 1.165) is 12.1 Å². The molecule has 0 spiro atoms. The van der Waals surface area contributed by atoms with Crippen molar-refractivity contribution in [3.05, 3.63) is 82.4 Å². The molecule has 0 heterocycles. The van der Waals surface area contributed by atoms with Crippen LogP contribution < -0.4 is 4.74 Å². The van der Waals surface area contributed by atoms with Gasteiger partial charge in [0.25, 0.3) is 0 Å². The first-order chi connectivity index (χ1) is 17.4. The first-order valence-corrected chi connectivity index (χ1v) is 12.9. The Hall–Kier alpha value is -3.08. The van der Waals surface area contributed by atoms with Crippen LogP contribution in [0.5, 0.6) is 5.75 Å². The molecule has 0 unspecified atom stereocenters. The number of hydrogen-bond donors (Lipinski definition) is 0. The lowest BCUT2D eigenvalue weighted by atomic mass is 9.92. The van der Waals surface area contributed by atoms with E-state index in [2.05, 4.69) is 0 Å². The Kier molecular flexibility index (Phi) is 8.88. The van der Waals surface area contributed by atoms with Crippen LogP contribution in [0.1, 0.15) is 23.6 Å². The van der Waals surface area contributed by atoms with E-state index in [1.807, 2.05) is 0 Å². The maximum absolute atomic E-state index is 13.5. The van der Waals surface area contributed by atoms with Gasteiger partial charge in [0.15, 0.2) is 0 Å². The summed E-state index contributed by atoms with van der Waals surface area (Å²) in [6.07, 6.45) is -4.70. The van der Waals surface area contributed by atoms with Crippen LogP contribution in [0.3, 0.4) is 0 Å². The highest BCUT2D eigenvalue weighted by atomic mass is 35.5. The number of carbonyl (C=O) groups excluding carboxylic acids is 1. The molecule has 0 aliphatic carbocycles. The Labute approximate surface area is 218 Å². The van der Waals surface area contributed by atoms with Crippen molar-refractivity contribution in [2.75, 3.05) is 20.8 Å². The summed E-state index contributed by atoms with van der Waals surface area (Å²) in [6, 6.07) is 13.3. The number of benzene rings is 3. The number of alkyl halides is 3. The highest BCUT2D eigenvalue weighted by Gasteiger charge is 2.31. The van der Waals surface area contributed by atoms with E-state index >= 15 is 0 Å². The highest BCUT2D eigenvalue weighted by Crippen LogP contribution is 2.39. The maximum atomic E-state index is 13.5. The van der Waals surface area contributed by atoms with Gasteiger partial charge in [0.1, 0.15) is 5.75 Å². The first-order valence-electron chi connectivity index (χ1n) is 11.1. The summed E-state index contributed by atoms with van der Waals surface area (Å²) in [5, 5.41) is 0.375. The van der Waals surface area contributed by atoms with Crippen molar-refractivity contribution in [2.24, 2.45) is 0 Å². The summed E-state index contributed by atoms with van der Waals surface area (Å²) in [7, 11) is -1.37. The van der Waals surface area contributed by atoms with Gasteiger partial charge in [-0.2, -0.15) is 17.5 Å². The van der Waals surface area contributed by atoms with Gasteiger partial charge in [-0.05, 0) is 59.2 Å². The Bertz CT molecular complexity index is 1360. The number of ether oxygens (including phenoxy) is 2. The van der Waals surface area contributed by atoms with Crippen LogP contribution in [-0.4, -0.2) is 39.5 Å². The Balaban J connectivity index is 2.20. The zero-order valence-corrected chi connectivity index (χ0v) is 21.9. The lowest BCUT2D eigenvalue weighted by Gasteiger charge is -2.25. The van der Waals surface area contributed by atoms with Gasteiger partial charge in [0, 0.05) is 23.7 Å². The molecule has 3 aromatic carbocycles. The van der Waals surface area contributed by atoms with Gasteiger partial charge in [0.05, 0.1) is 31.1 Å². The molecule has 6 nitrogen and oxygen atoms in total. The second kappa shape index (κ2) is 11.5. The molecule has 0 bridgehead atoms. The fourth-order valence-corrected chi connectivity index (χ4v) is 5.40. The van der Waals surface area contributed by atoms with Gasteiger partial charge in [-0.15, -0.1) is 0 Å². The summed E-state index contributed by atoms with van der Waals surface area (Å²) in [4.78, 5) is 12.2. The minimum atomic E-state index is -4.52. The fraction of sp³-hybridized carbons (Fsp3) is 0.269. The van der Waals surface area contributed by atoms with Crippen LogP contribution in [0.15, 0.2) is 65.6 Å². The van der Waals surface area contributed by atoms with Gasteiger partial charge < -0.3 is 9.47 Å². The molecule has 3 aromatic rings. The molecule has 0 saturated heterocycles. The van der Waals surface area contributed by atoms with Crippen LogP contribution >= 0.6 is 11.6 Å². The number of halogens is 4. The van der Waals surface area contributed by atoms with Crippen molar-refractivity contribution in [1.82, 2.24) is 4.31 Å². The Morgan fingerprint density at radius 2 is 1.59 bits per heavy atom. The topological polar surface area (TPSA) is 72.9 Å². The van der Waals surface area contributed by atoms with Crippen molar-refractivity contribution in [3.63, 3.8) is 0 Å². The van der Waals surface area contributed by atoms with Crippen LogP contribution in [0.25, 0.3) is 11.1 Å². The van der Waals surface area contributed by atoms with Crippen LogP contribution in [0.2, 0.25) is 5.02 Å².